The molecule has 6 nitrogen and oxygen atoms in total. The Morgan fingerprint density at radius 1 is 0.341 bits per heavy atom. The van der Waals surface area contributed by atoms with E-state index in [4.69, 9.17) is 4.74 Å². The summed E-state index contributed by atoms with van der Waals surface area (Å²) in [5.41, 5.74) is 13.1. The molecule has 13 aromatic carbocycles. The van der Waals surface area contributed by atoms with Crippen LogP contribution < -0.4 is 29.5 Å². The van der Waals surface area contributed by atoms with Crippen LogP contribution in [0.5, 0.6) is 17.2 Å². The molecule has 0 atom stereocenters. The maximum atomic E-state index is 13.4. The molecule has 0 spiro atoms. The van der Waals surface area contributed by atoms with E-state index < -0.39 is 0 Å². The predicted molar refractivity (Wildman–Crippen MR) is 371 cm³/mol. The molecule has 20 rings (SSSR count). The number of fused-ring (bicyclic) bond motifs is 24. The number of hydrogen-bond acceptors (Lipinski definition) is 3. The maximum Gasteiger partial charge on any atom is 2.00 e. The van der Waals surface area contributed by atoms with Gasteiger partial charge in [0.2, 0.25) is 17.1 Å². The number of nitrogens with zero attached hydrogens (tertiary/aromatic N) is 1. The van der Waals surface area contributed by atoms with E-state index in [-0.39, 0.29) is 48.0 Å². The molecule has 3 aromatic heterocycles. The van der Waals surface area contributed by atoms with Crippen LogP contribution in [0.25, 0.3) is 141 Å². The third kappa shape index (κ3) is 7.77. The van der Waals surface area contributed by atoms with Crippen LogP contribution in [0.2, 0.25) is 0 Å². The van der Waals surface area contributed by atoms with E-state index >= 15 is 0 Å². The largest absolute Gasteiger partial charge is 2.00 e. The van der Waals surface area contributed by atoms with E-state index in [0.29, 0.717) is 6.73 Å². The Morgan fingerprint density at radius 3 is 1.27 bits per heavy atom. The second-order valence-corrected chi connectivity index (χ2v) is 26.6. The van der Waals surface area contributed by atoms with Crippen molar-refractivity contribution >= 4 is 128 Å². The number of aromatic nitrogens is 3. The van der Waals surface area contributed by atoms with E-state index in [1.165, 1.54) is 130 Å². The average Bonchev–Trinajstić information content (AvgIpc) is 1.71. The standard InChI is InChI=1S/C30H21NO.C27H20NO.C26H19NO.2Be/c1-30(2)27-23-14-19-9-4-3-8-18(19)13-21(23)16-31-29(27)26-24(32)15-20-12-11-17-7-5-6-10-22(17)25(20)28(26)30;1-27(2)24-20-10-6-5-9-18(20)13-22-23(24)26-25(27)21-12-17-8-4-3-7-16(17)11-19(21)14-28(26)15-29-22;1-26(2)23-19-10-6-4-8-17(19)14-27-25(23)22-20(28)13-16-12-11-15-7-3-5-9-18(15)21(16)24(22)26;;/h3-16,32H,1-2H3;3-14H,15H2,1-2H3;3-14,28H,1-2H3;;/q;+1;;2*+2. The van der Waals surface area contributed by atoms with Crippen molar-refractivity contribution in [3.05, 3.63) is 264 Å². The summed E-state index contributed by atoms with van der Waals surface area (Å²) in [5, 5.41) is 50.9. The van der Waals surface area contributed by atoms with Crippen molar-refractivity contribution < 1.29 is 29.5 Å². The molecule has 0 unspecified atom stereocenters. The molecule has 2 N–H and O–H groups in total. The van der Waals surface area contributed by atoms with Crippen LogP contribution in [-0.4, -0.2) is 20.2 Å². The topological polar surface area (TPSA) is 87.5 Å². The van der Waals surface area contributed by atoms with Gasteiger partial charge in [0.25, 0.3) is 6.73 Å². The number of aromatic amines is 2. The van der Waals surface area contributed by atoms with Gasteiger partial charge in [-0.05, 0) is 145 Å². The Hall–Kier alpha value is -10.4. The van der Waals surface area contributed by atoms with E-state index in [0.717, 1.165) is 50.2 Å². The third-order valence-electron chi connectivity index (χ3n) is 20.5. The number of H-pyrrole nitrogens is 2. The zero-order valence-electron chi connectivity index (χ0n) is 51.7. The van der Waals surface area contributed by atoms with Gasteiger partial charge in [-0.25, -0.2) is 9.97 Å². The number of hydrogen-bond donors (Lipinski definition) is 0. The number of pyridine rings is 3. The zero-order chi connectivity index (χ0) is 60.0. The van der Waals surface area contributed by atoms with Crippen molar-refractivity contribution in [2.24, 2.45) is 0 Å². The molecule has 0 saturated heterocycles. The van der Waals surface area contributed by atoms with Crippen LogP contribution in [0.3, 0.4) is 0 Å². The third-order valence-corrected chi connectivity index (χ3v) is 20.5. The first-order valence-corrected chi connectivity index (χ1v) is 31.0. The van der Waals surface area contributed by atoms with Gasteiger partial charge in [0, 0.05) is 60.2 Å². The second-order valence-electron chi connectivity index (χ2n) is 26.6. The van der Waals surface area contributed by atoms with Gasteiger partial charge in [0.05, 0.1) is 5.56 Å². The Bertz CT molecular complexity index is 5890. The van der Waals surface area contributed by atoms with Crippen LogP contribution in [-0.2, 0) is 23.0 Å². The molecular weight excluding hydrogens is 1100 g/mol. The fourth-order valence-corrected chi connectivity index (χ4v) is 16.8. The van der Waals surface area contributed by atoms with Gasteiger partial charge < -0.3 is 14.9 Å². The fraction of sp³-hybridized carbons (Fsp3) is 0.120. The summed E-state index contributed by atoms with van der Waals surface area (Å²) in [6.07, 6.45) is 6.34. The molecule has 0 radical (unpaired) electrons. The van der Waals surface area contributed by atoms with Gasteiger partial charge in [0.15, 0.2) is 18.6 Å². The van der Waals surface area contributed by atoms with Crippen LogP contribution >= 0.6 is 0 Å². The van der Waals surface area contributed by atoms with Crippen LogP contribution in [0.1, 0.15) is 74.9 Å². The van der Waals surface area contributed by atoms with Crippen LogP contribution in [0.4, 0.5) is 0 Å². The normalized spacial score (nSPS) is 14.5. The molecule has 4 heterocycles. The number of benzene rings is 13. The van der Waals surface area contributed by atoms with Gasteiger partial charge >= 0.3 is 20.2 Å². The molecular formula is C83H60Be2N3O3+5. The minimum Gasteiger partial charge on any atom is -0.872 e. The number of nitrogens with one attached hydrogen (secondary N) is 2. The van der Waals surface area contributed by atoms with E-state index in [1.54, 1.807) is 6.07 Å². The van der Waals surface area contributed by atoms with Crippen molar-refractivity contribution in [2.45, 2.75) is 64.5 Å². The molecule has 0 amide bonds. The molecule has 0 saturated carbocycles. The minimum absolute atomic E-state index is 0. The molecule has 91 heavy (non-hydrogen) atoms. The summed E-state index contributed by atoms with van der Waals surface area (Å²) in [6.45, 7) is 14.3. The summed E-state index contributed by atoms with van der Waals surface area (Å²) >= 11 is 0. The molecule has 8 heteroatoms. The first kappa shape index (κ1) is 55.9. The monoisotopic (exact) mass is 1160 g/mol. The van der Waals surface area contributed by atoms with E-state index in [9.17, 15) is 10.2 Å². The van der Waals surface area contributed by atoms with Crippen molar-refractivity contribution in [3.63, 3.8) is 0 Å². The summed E-state index contributed by atoms with van der Waals surface area (Å²) < 4.78 is 8.57. The molecule has 1 aliphatic heterocycles. The number of rotatable bonds is 0. The summed E-state index contributed by atoms with van der Waals surface area (Å²) in [4.78, 5) is 6.98. The van der Waals surface area contributed by atoms with Crippen LogP contribution in [0.15, 0.2) is 231 Å². The van der Waals surface area contributed by atoms with Crippen molar-refractivity contribution in [3.8, 4) is 51.0 Å². The Balaban J connectivity index is 0.000000108. The van der Waals surface area contributed by atoms with Gasteiger partial charge in [0.1, 0.15) is 5.75 Å². The molecule has 0 bridgehead atoms. The first-order valence-electron chi connectivity index (χ1n) is 31.0. The minimum atomic E-state index is -0.314. The second kappa shape index (κ2) is 19.8. The van der Waals surface area contributed by atoms with E-state index in [2.05, 4.69) is 269 Å². The molecule has 424 valence electrons. The van der Waals surface area contributed by atoms with Gasteiger partial charge in [-0.1, -0.05) is 229 Å². The van der Waals surface area contributed by atoms with Crippen molar-refractivity contribution in [2.75, 3.05) is 0 Å². The van der Waals surface area contributed by atoms with Crippen LogP contribution in [0, 0.1) is 0 Å². The predicted octanol–water partition coefficient (Wildman–Crippen LogP) is 17.2. The van der Waals surface area contributed by atoms with Crippen molar-refractivity contribution in [1.29, 1.82) is 0 Å². The van der Waals surface area contributed by atoms with Crippen molar-refractivity contribution in [1.82, 2.24) is 0 Å². The summed E-state index contributed by atoms with van der Waals surface area (Å²) in [7, 11) is 0. The summed E-state index contributed by atoms with van der Waals surface area (Å²) in [5.74, 6) is 1.20. The molecule has 3 aliphatic carbocycles. The average molecular weight is 1170 g/mol. The molecule has 16 aromatic rings. The van der Waals surface area contributed by atoms with Gasteiger partial charge in [-0.2, -0.15) is 4.57 Å². The molecule has 0 fully saturated rings. The van der Waals surface area contributed by atoms with Gasteiger partial charge in [-0.3, -0.25) is 0 Å². The smallest absolute Gasteiger partial charge is 0.872 e. The summed E-state index contributed by atoms with van der Waals surface area (Å²) in [6, 6.07) is 74.7. The fourth-order valence-electron chi connectivity index (χ4n) is 16.8. The maximum absolute atomic E-state index is 13.4. The Labute approximate surface area is 534 Å². The van der Waals surface area contributed by atoms with Gasteiger partial charge in [-0.15, -0.1) is 0 Å². The van der Waals surface area contributed by atoms with E-state index in [1.807, 2.05) is 12.3 Å². The first-order chi connectivity index (χ1) is 43.2. The Kier molecular flexibility index (Phi) is 12.2. The zero-order valence-corrected chi connectivity index (χ0v) is 51.7. The molecule has 4 aliphatic rings. The Morgan fingerprint density at radius 2 is 0.736 bits per heavy atom. The quantitative estimate of drug-likeness (QED) is 0.0656. The SMILES string of the molecule is CC1(C)c2c([nH+]cc3cc4ccccc4cc23)-c2c([O-])cc3ccc4ccccc4c3c21.CC1(C)c2c([nH+]cc3ccccc23)-c2c([O-])cc3ccc4ccccc4c3c21.CC1(C)c2c3c(cc4ccccc24)OC[n+]2cc4cc5ccccc5cc4c1c2-3.[Be+2].[Be+2]. The number of ether oxygens (including phenoxy) is 1.